The lowest BCUT2D eigenvalue weighted by molar-refractivity contribution is 0.519. The monoisotopic (exact) mass is 248 g/mol. The second-order valence-corrected chi connectivity index (χ2v) is 5.07. The minimum atomic E-state index is 0.320. The van der Waals surface area contributed by atoms with Gasteiger partial charge in [-0.1, -0.05) is 0 Å². The molecule has 1 aromatic heterocycles. The van der Waals surface area contributed by atoms with Gasteiger partial charge in [0.1, 0.15) is 10.1 Å². The summed E-state index contributed by atoms with van der Waals surface area (Å²) in [6, 6.07) is 0.641. The summed E-state index contributed by atoms with van der Waals surface area (Å²) in [7, 11) is 0. The molecule has 0 bridgehead atoms. The lowest BCUT2D eigenvalue weighted by Gasteiger charge is -2.10. The van der Waals surface area contributed by atoms with E-state index < -0.39 is 0 Å². The third kappa shape index (κ3) is 1.90. The Morgan fingerprint density at radius 2 is 1.21 bits per heavy atom. The molecule has 0 aliphatic heterocycles. The van der Waals surface area contributed by atoms with Crippen LogP contribution < -0.4 is 0 Å². The summed E-state index contributed by atoms with van der Waals surface area (Å²) in [6.07, 6.45) is 0. The normalized spacial score (nSPS) is 11.7. The average molecular weight is 248 g/mol. The average Bonchev–Trinajstić information content (AvgIpc) is 2.23. The first-order chi connectivity index (χ1) is 6.37. The van der Waals surface area contributed by atoms with Gasteiger partial charge in [-0.3, -0.25) is 0 Å². The fraction of sp³-hybridized carbons (Fsp3) is 0.667. The molecule has 0 atom stereocenters. The molecule has 0 fully saturated rings. The molecule has 0 saturated carbocycles. The second-order valence-electron chi connectivity index (χ2n) is 3.86. The van der Waals surface area contributed by atoms with Gasteiger partial charge in [0.25, 0.3) is 0 Å². The Balaban J connectivity index is 3.50. The molecule has 1 heterocycles. The van der Waals surface area contributed by atoms with E-state index in [0.29, 0.717) is 12.1 Å². The van der Waals surface area contributed by atoms with E-state index >= 15 is 0 Å². The van der Waals surface area contributed by atoms with Gasteiger partial charge in [0.15, 0.2) is 4.77 Å². The minimum absolute atomic E-state index is 0.320. The van der Waals surface area contributed by atoms with E-state index in [2.05, 4.69) is 53.0 Å². The number of aromatic nitrogens is 2. The zero-order valence-electron chi connectivity index (χ0n) is 8.85. The van der Waals surface area contributed by atoms with Crippen LogP contribution in [0.2, 0.25) is 0 Å². The Hall–Kier alpha value is 0.130. The Morgan fingerprint density at radius 1 is 0.929 bits per heavy atom. The highest BCUT2D eigenvalue weighted by atomic mass is 32.1. The van der Waals surface area contributed by atoms with Gasteiger partial charge >= 0.3 is 0 Å². The summed E-state index contributed by atoms with van der Waals surface area (Å²) >= 11 is 14.3. The van der Waals surface area contributed by atoms with Crippen molar-refractivity contribution in [2.24, 2.45) is 0 Å². The van der Waals surface area contributed by atoms with Crippen LogP contribution in [0.25, 0.3) is 0 Å². The summed E-state index contributed by atoms with van der Waals surface area (Å²) in [4.78, 5) is 0. The lowest BCUT2D eigenvalue weighted by atomic mass is 10.4. The maximum atomic E-state index is 5.38. The smallest absolute Gasteiger partial charge is 0.182 e. The standard InChI is InChI=1S/C9H16N2S3/c1-5(2)10-7(12)8(13)11(6(3)4)9(10)14/h5-6,12-13H,1-4H3. The van der Waals surface area contributed by atoms with Crippen molar-refractivity contribution >= 4 is 37.5 Å². The molecule has 0 saturated heterocycles. The Bertz CT molecular complexity index is 353. The van der Waals surface area contributed by atoms with Gasteiger partial charge in [0.2, 0.25) is 0 Å². The summed E-state index contributed by atoms with van der Waals surface area (Å²) in [6.45, 7) is 8.36. The van der Waals surface area contributed by atoms with Gasteiger partial charge in [0, 0.05) is 12.1 Å². The van der Waals surface area contributed by atoms with Crippen LogP contribution in [-0.4, -0.2) is 9.13 Å². The van der Waals surface area contributed by atoms with E-state index in [1.54, 1.807) is 0 Å². The zero-order valence-corrected chi connectivity index (χ0v) is 11.5. The van der Waals surface area contributed by atoms with Crippen molar-refractivity contribution in [3.8, 4) is 0 Å². The number of rotatable bonds is 2. The van der Waals surface area contributed by atoms with Crippen molar-refractivity contribution in [1.29, 1.82) is 0 Å². The molecule has 5 heteroatoms. The van der Waals surface area contributed by atoms with Gasteiger partial charge in [-0.05, 0) is 39.9 Å². The molecule has 14 heavy (non-hydrogen) atoms. The first-order valence-electron chi connectivity index (χ1n) is 4.62. The van der Waals surface area contributed by atoms with Crippen LogP contribution in [0.5, 0.6) is 0 Å². The quantitative estimate of drug-likeness (QED) is 0.599. The van der Waals surface area contributed by atoms with Gasteiger partial charge in [-0.25, -0.2) is 0 Å². The summed E-state index contributed by atoms with van der Waals surface area (Å²) in [5.74, 6) is 0. The second kappa shape index (κ2) is 4.33. The predicted octanol–water partition coefficient (Wildman–Crippen LogP) is 3.76. The van der Waals surface area contributed by atoms with Gasteiger partial charge in [-0.2, -0.15) is 0 Å². The molecule has 0 radical (unpaired) electrons. The molecule has 0 aliphatic rings. The molecule has 0 unspecified atom stereocenters. The van der Waals surface area contributed by atoms with E-state index in [1.807, 2.05) is 9.13 Å². The molecule has 2 nitrogen and oxygen atoms in total. The molecule has 0 spiro atoms. The van der Waals surface area contributed by atoms with Gasteiger partial charge in [0.05, 0.1) is 0 Å². The Labute approximate surface area is 101 Å². The number of hydrogen-bond acceptors (Lipinski definition) is 3. The largest absolute Gasteiger partial charge is 0.309 e. The third-order valence-corrected chi connectivity index (χ3v) is 3.53. The molecule has 0 amide bonds. The van der Waals surface area contributed by atoms with Crippen LogP contribution in [0, 0.1) is 4.77 Å². The highest BCUT2D eigenvalue weighted by Crippen LogP contribution is 2.27. The number of hydrogen-bond donors (Lipinski definition) is 2. The van der Waals surface area contributed by atoms with Crippen LogP contribution in [-0.2, 0) is 0 Å². The highest BCUT2D eigenvalue weighted by molar-refractivity contribution is 7.83. The summed E-state index contributed by atoms with van der Waals surface area (Å²) < 4.78 is 4.83. The van der Waals surface area contributed by atoms with E-state index in [9.17, 15) is 0 Å². The van der Waals surface area contributed by atoms with E-state index in [1.165, 1.54) is 0 Å². The first-order valence-corrected chi connectivity index (χ1v) is 5.92. The van der Waals surface area contributed by atoms with E-state index in [0.717, 1.165) is 14.8 Å². The first kappa shape index (κ1) is 12.2. The molecule has 80 valence electrons. The molecule has 0 aliphatic carbocycles. The van der Waals surface area contributed by atoms with Crippen LogP contribution in [0.15, 0.2) is 10.1 Å². The molecule has 0 aromatic carbocycles. The maximum Gasteiger partial charge on any atom is 0.182 e. The van der Waals surface area contributed by atoms with Crippen molar-refractivity contribution in [2.75, 3.05) is 0 Å². The predicted molar refractivity (Wildman–Crippen MR) is 68.5 cm³/mol. The Kier molecular flexibility index (Phi) is 3.77. The van der Waals surface area contributed by atoms with Gasteiger partial charge < -0.3 is 9.13 Å². The third-order valence-electron chi connectivity index (χ3n) is 2.10. The van der Waals surface area contributed by atoms with Crippen LogP contribution in [0.1, 0.15) is 39.8 Å². The number of thiol groups is 2. The lowest BCUT2D eigenvalue weighted by Crippen LogP contribution is -2.05. The SMILES string of the molecule is CC(C)n1c(S)c(S)n(C(C)C)c1=S. The fourth-order valence-corrected chi connectivity index (χ4v) is 3.05. The van der Waals surface area contributed by atoms with Crippen LogP contribution in [0.3, 0.4) is 0 Å². The maximum absolute atomic E-state index is 5.38. The topological polar surface area (TPSA) is 9.86 Å². The fourth-order valence-electron chi connectivity index (χ4n) is 1.44. The molecular weight excluding hydrogens is 232 g/mol. The van der Waals surface area contributed by atoms with Crippen molar-refractivity contribution < 1.29 is 0 Å². The molecular formula is C9H16N2S3. The van der Waals surface area contributed by atoms with E-state index in [4.69, 9.17) is 12.2 Å². The number of imidazole rings is 1. The summed E-state index contributed by atoms with van der Waals surface area (Å²) in [5.41, 5.74) is 0. The van der Waals surface area contributed by atoms with Crippen molar-refractivity contribution in [1.82, 2.24) is 9.13 Å². The summed E-state index contributed by atoms with van der Waals surface area (Å²) in [5, 5.41) is 1.70. The van der Waals surface area contributed by atoms with Crippen LogP contribution >= 0.6 is 37.5 Å². The molecule has 1 rings (SSSR count). The Morgan fingerprint density at radius 3 is 1.36 bits per heavy atom. The van der Waals surface area contributed by atoms with Crippen LogP contribution in [0.4, 0.5) is 0 Å². The van der Waals surface area contributed by atoms with Crippen molar-refractivity contribution in [3.05, 3.63) is 4.77 Å². The molecule has 0 N–H and O–H groups in total. The minimum Gasteiger partial charge on any atom is -0.309 e. The zero-order chi connectivity index (χ0) is 11.0. The van der Waals surface area contributed by atoms with Gasteiger partial charge in [-0.15, -0.1) is 25.3 Å². The van der Waals surface area contributed by atoms with Crippen molar-refractivity contribution in [3.63, 3.8) is 0 Å². The van der Waals surface area contributed by atoms with E-state index in [-0.39, 0.29) is 0 Å². The number of nitrogens with zero attached hydrogens (tertiary/aromatic N) is 2. The highest BCUT2D eigenvalue weighted by Gasteiger charge is 2.15. The molecule has 1 aromatic rings. The van der Waals surface area contributed by atoms with Crippen molar-refractivity contribution in [2.45, 2.75) is 49.8 Å².